The number of ether oxygens (including phenoxy) is 1. The van der Waals surface area contributed by atoms with Gasteiger partial charge in [-0.25, -0.2) is 4.79 Å². The number of hydrogen-bond acceptors (Lipinski definition) is 4. The van der Waals surface area contributed by atoms with E-state index in [0.29, 0.717) is 12.5 Å². The lowest BCUT2D eigenvalue weighted by atomic mass is 9.86. The molecule has 0 spiro atoms. The van der Waals surface area contributed by atoms with E-state index in [1.165, 1.54) is 19.3 Å². The molecule has 3 amide bonds. The Morgan fingerprint density at radius 1 is 1.22 bits per heavy atom. The number of rotatable bonds is 8. The van der Waals surface area contributed by atoms with Gasteiger partial charge in [0, 0.05) is 18.8 Å². The van der Waals surface area contributed by atoms with E-state index in [2.05, 4.69) is 5.32 Å². The highest BCUT2D eigenvalue weighted by Crippen LogP contribution is 2.28. The van der Waals surface area contributed by atoms with E-state index in [0.717, 1.165) is 46.7 Å². The summed E-state index contributed by atoms with van der Waals surface area (Å²) in [6.07, 6.45) is 8.44. The lowest BCUT2D eigenvalue weighted by molar-refractivity contribution is -0.124. The highest BCUT2D eigenvalue weighted by atomic mass is 16.5. The molecule has 149 valence electrons. The highest BCUT2D eigenvalue weighted by Gasteiger charge is 2.21. The molecule has 0 heterocycles. The number of aryl methyl sites for hydroxylation is 2. The lowest BCUT2D eigenvalue weighted by Crippen LogP contribution is -2.43. The molecule has 1 radical (unpaired) electrons. The van der Waals surface area contributed by atoms with Crippen LogP contribution in [0.15, 0.2) is 12.1 Å². The van der Waals surface area contributed by atoms with Gasteiger partial charge in [0.05, 0.1) is 13.5 Å². The third kappa shape index (κ3) is 6.15. The number of nitrogens with zero attached hydrogens (tertiary/aromatic N) is 1. The van der Waals surface area contributed by atoms with Crippen LogP contribution in [0.25, 0.3) is 0 Å². The lowest BCUT2D eigenvalue weighted by Gasteiger charge is -2.23. The quantitative estimate of drug-likeness (QED) is 0.725. The number of carbonyl (C=O) groups is 2. The summed E-state index contributed by atoms with van der Waals surface area (Å²) in [4.78, 5) is 25.2. The van der Waals surface area contributed by atoms with Gasteiger partial charge in [-0.15, -0.1) is 0 Å². The molecule has 2 rings (SSSR count). The Hall–Kier alpha value is -2.24. The third-order valence-corrected chi connectivity index (χ3v) is 5.21. The van der Waals surface area contributed by atoms with Gasteiger partial charge < -0.3 is 15.8 Å². The van der Waals surface area contributed by atoms with E-state index < -0.39 is 6.03 Å². The second kappa shape index (κ2) is 10.2. The minimum absolute atomic E-state index is 0.236. The van der Waals surface area contributed by atoms with Crippen LogP contribution in [-0.2, 0) is 4.79 Å². The normalized spacial score (nSPS) is 14.6. The van der Waals surface area contributed by atoms with Gasteiger partial charge in [-0.1, -0.05) is 32.1 Å². The second-order valence-corrected chi connectivity index (χ2v) is 7.34. The van der Waals surface area contributed by atoms with Crippen LogP contribution in [-0.4, -0.2) is 37.0 Å². The molecule has 1 fully saturated rings. The van der Waals surface area contributed by atoms with Crippen LogP contribution in [0.4, 0.5) is 10.5 Å². The number of nitrogens with one attached hydrogen (secondary N) is 1. The number of benzene rings is 1. The first-order chi connectivity index (χ1) is 12.9. The van der Waals surface area contributed by atoms with Gasteiger partial charge in [0.2, 0.25) is 5.91 Å². The first-order valence-corrected chi connectivity index (χ1v) is 9.75. The minimum atomic E-state index is -0.705. The van der Waals surface area contributed by atoms with Gasteiger partial charge in [0.25, 0.3) is 0 Å². The topological polar surface area (TPSA) is 84.7 Å². The van der Waals surface area contributed by atoms with E-state index in [9.17, 15) is 9.59 Å². The molecule has 1 saturated carbocycles. The van der Waals surface area contributed by atoms with Crippen LogP contribution in [0.3, 0.4) is 0 Å². The fraction of sp³-hybridized carbons (Fsp3) is 0.571. The maximum Gasteiger partial charge on any atom is 0.321 e. The standard InChI is InChI=1S/C21H32N3O3/c1-15-13-18(14-16(2)20(15)27-3)23-11-12-24(21(22)26)19(25)10-9-17-7-5-4-6-8-17/h10,13-14,17,23H,4-9,11-12H2,1-3H3,(H2,22,26). The van der Waals surface area contributed by atoms with Crippen LogP contribution < -0.4 is 15.8 Å². The van der Waals surface area contributed by atoms with Crippen molar-refractivity contribution in [3.05, 3.63) is 29.7 Å². The molecule has 1 aromatic carbocycles. The predicted molar refractivity (Wildman–Crippen MR) is 108 cm³/mol. The third-order valence-electron chi connectivity index (χ3n) is 5.21. The van der Waals surface area contributed by atoms with Gasteiger partial charge in [0.15, 0.2) is 0 Å². The molecule has 0 aromatic heterocycles. The van der Waals surface area contributed by atoms with Crippen molar-refractivity contribution in [2.24, 2.45) is 11.7 Å². The van der Waals surface area contributed by atoms with E-state index in [4.69, 9.17) is 10.5 Å². The number of anilines is 1. The van der Waals surface area contributed by atoms with Crippen LogP contribution in [0, 0.1) is 26.2 Å². The molecule has 0 atom stereocenters. The molecule has 0 unspecified atom stereocenters. The van der Waals surface area contributed by atoms with Gasteiger partial charge in [-0.2, -0.15) is 0 Å². The zero-order valence-corrected chi connectivity index (χ0v) is 16.7. The summed E-state index contributed by atoms with van der Waals surface area (Å²) in [5.74, 6) is 1.13. The van der Waals surface area contributed by atoms with Crippen molar-refractivity contribution in [3.8, 4) is 5.75 Å². The zero-order valence-electron chi connectivity index (χ0n) is 16.7. The summed E-state index contributed by atoms with van der Waals surface area (Å²) in [6, 6.07) is 3.26. The van der Waals surface area contributed by atoms with Crippen LogP contribution in [0.5, 0.6) is 5.75 Å². The van der Waals surface area contributed by atoms with Gasteiger partial charge in [-0.05, 0) is 49.4 Å². The first kappa shape index (κ1) is 21.1. The van der Waals surface area contributed by atoms with Crippen molar-refractivity contribution in [2.45, 2.75) is 52.4 Å². The Bertz CT molecular complexity index is 631. The predicted octanol–water partition coefficient (Wildman–Crippen LogP) is 3.81. The largest absolute Gasteiger partial charge is 0.496 e. The number of amides is 3. The van der Waals surface area contributed by atoms with Crippen molar-refractivity contribution >= 4 is 17.6 Å². The van der Waals surface area contributed by atoms with Crippen LogP contribution >= 0.6 is 0 Å². The molecule has 3 N–H and O–H groups in total. The molecule has 1 aliphatic rings. The monoisotopic (exact) mass is 374 g/mol. The van der Waals surface area contributed by atoms with Crippen LogP contribution in [0.1, 0.15) is 49.7 Å². The number of methoxy groups -OCH3 is 1. The fourth-order valence-corrected chi connectivity index (χ4v) is 3.82. The van der Waals surface area contributed by atoms with Crippen molar-refractivity contribution in [1.82, 2.24) is 4.90 Å². The number of imide groups is 1. The molecule has 0 bridgehead atoms. The van der Waals surface area contributed by atoms with Crippen LogP contribution in [0.2, 0.25) is 0 Å². The maximum absolute atomic E-state index is 12.4. The van der Waals surface area contributed by atoms with E-state index >= 15 is 0 Å². The minimum Gasteiger partial charge on any atom is -0.496 e. The Balaban J connectivity index is 1.85. The number of nitrogens with two attached hydrogens (primary N) is 1. The van der Waals surface area contributed by atoms with E-state index in [1.54, 1.807) is 13.5 Å². The first-order valence-electron chi connectivity index (χ1n) is 9.75. The molecule has 0 aliphatic heterocycles. The molecule has 27 heavy (non-hydrogen) atoms. The number of carbonyl (C=O) groups excluding carboxylic acids is 2. The molecule has 1 aromatic rings. The summed E-state index contributed by atoms with van der Waals surface area (Å²) < 4.78 is 5.37. The number of hydrogen-bond donors (Lipinski definition) is 2. The molecule has 6 nitrogen and oxygen atoms in total. The maximum atomic E-state index is 12.4. The summed E-state index contributed by atoms with van der Waals surface area (Å²) in [5, 5.41) is 3.25. The molecule has 1 aliphatic carbocycles. The smallest absolute Gasteiger partial charge is 0.321 e. The average Bonchev–Trinajstić information content (AvgIpc) is 2.63. The van der Waals surface area contributed by atoms with Crippen molar-refractivity contribution in [2.75, 3.05) is 25.5 Å². The average molecular weight is 375 g/mol. The second-order valence-electron chi connectivity index (χ2n) is 7.34. The summed E-state index contributed by atoms with van der Waals surface area (Å²) in [5.41, 5.74) is 8.40. The number of primary amides is 1. The Morgan fingerprint density at radius 3 is 2.41 bits per heavy atom. The van der Waals surface area contributed by atoms with Gasteiger partial charge in [0.1, 0.15) is 5.75 Å². The molecular weight excluding hydrogens is 342 g/mol. The fourth-order valence-electron chi connectivity index (χ4n) is 3.82. The van der Waals surface area contributed by atoms with E-state index in [-0.39, 0.29) is 12.5 Å². The Morgan fingerprint density at radius 2 is 1.85 bits per heavy atom. The molecule has 0 saturated heterocycles. The van der Waals surface area contributed by atoms with Crippen molar-refractivity contribution in [3.63, 3.8) is 0 Å². The van der Waals surface area contributed by atoms with Crippen molar-refractivity contribution < 1.29 is 14.3 Å². The zero-order chi connectivity index (χ0) is 19.8. The summed E-state index contributed by atoms with van der Waals surface area (Å²) >= 11 is 0. The highest BCUT2D eigenvalue weighted by molar-refractivity contribution is 5.98. The Labute approximate surface area is 162 Å². The summed E-state index contributed by atoms with van der Waals surface area (Å²) in [6.45, 7) is 4.64. The summed E-state index contributed by atoms with van der Waals surface area (Å²) in [7, 11) is 1.66. The van der Waals surface area contributed by atoms with E-state index in [1.807, 2.05) is 26.0 Å². The van der Waals surface area contributed by atoms with Crippen molar-refractivity contribution in [1.29, 1.82) is 0 Å². The van der Waals surface area contributed by atoms with Gasteiger partial charge >= 0.3 is 6.03 Å². The molecular formula is C21H32N3O3. The van der Waals surface area contributed by atoms with Gasteiger partial charge in [-0.3, -0.25) is 9.69 Å². The SMILES string of the molecule is COc1c(C)cc(NCCN(C(N)=O)C(=O)[CH]CC2CCCCC2)cc1C. The number of urea groups is 1. The molecule has 6 heteroatoms. The Kier molecular flexibility index (Phi) is 7.95.